The van der Waals surface area contributed by atoms with E-state index in [1.807, 2.05) is 39.8 Å². The second-order valence-electron chi connectivity index (χ2n) is 10.9. The number of fused-ring (bicyclic) bond motifs is 1. The summed E-state index contributed by atoms with van der Waals surface area (Å²) < 4.78 is 13.3. The summed E-state index contributed by atoms with van der Waals surface area (Å²) >= 11 is 1.49. The van der Waals surface area contributed by atoms with Gasteiger partial charge >= 0.3 is 0 Å². The number of rotatable bonds is 6. The Balaban J connectivity index is 0.00000353. The lowest BCUT2D eigenvalue weighted by molar-refractivity contribution is -0.123. The molecule has 1 aromatic carbocycles. The maximum atomic E-state index is 13.5. The van der Waals surface area contributed by atoms with Crippen molar-refractivity contribution in [3.05, 3.63) is 62.1 Å². The number of aromatic nitrogens is 2. The predicted octanol–water partition coefficient (Wildman–Crippen LogP) is 5.38. The van der Waals surface area contributed by atoms with Gasteiger partial charge in [-0.05, 0) is 78.2 Å². The Morgan fingerprint density at radius 2 is 1.85 bits per heavy atom. The lowest BCUT2D eigenvalue weighted by Gasteiger charge is -2.39. The molecule has 3 aromatic rings. The van der Waals surface area contributed by atoms with Crippen molar-refractivity contribution in [2.75, 3.05) is 14.1 Å². The van der Waals surface area contributed by atoms with E-state index in [-0.39, 0.29) is 36.3 Å². The van der Waals surface area contributed by atoms with Crippen molar-refractivity contribution in [3.63, 3.8) is 0 Å². The zero-order chi connectivity index (χ0) is 27.2. The molecule has 1 unspecified atom stereocenters. The summed E-state index contributed by atoms with van der Waals surface area (Å²) in [6.07, 6.45) is 6.01. The fourth-order valence-corrected chi connectivity index (χ4v) is 6.44. The van der Waals surface area contributed by atoms with Gasteiger partial charge < -0.3 is 24.7 Å². The SMILES string of the molecule is Cc1cc(C)c(CNC(=O)c2cc(-c3cncs3)c3c(c2C)OC(C)(C2CCC(N(C)C)CC2)O3)c(=O)[nH]1.Cl. The third-order valence-corrected chi connectivity index (χ3v) is 8.93. The monoisotopic (exact) mass is 572 g/mol. The minimum atomic E-state index is -0.800. The molecular weight excluding hydrogens is 536 g/mol. The van der Waals surface area contributed by atoms with Gasteiger partial charge in [-0.1, -0.05) is 0 Å². The molecule has 0 spiro atoms. The van der Waals surface area contributed by atoms with Crippen molar-refractivity contribution in [1.82, 2.24) is 20.2 Å². The summed E-state index contributed by atoms with van der Waals surface area (Å²) in [7, 11) is 4.28. The van der Waals surface area contributed by atoms with Crippen LogP contribution >= 0.6 is 23.7 Å². The predicted molar refractivity (Wildman–Crippen MR) is 156 cm³/mol. The molecular formula is C29H37ClN4O4S. The van der Waals surface area contributed by atoms with Crippen LogP contribution in [0.1, 0.15) is 65.3 Å². The van der Waals surface area contributed by atoms with Crippen LogP contribution < -0.4 is 20.3 Å². The molecule has 39 heavy (non-hydrogen) atoms. The lowest BCUT2D eigenvalue weighted by atomic mass is 9.81. The number of nitrogens with one attached hydrogen (secondary N) is 2. The molecule has 0 radical (unpaired) electrons. The normalized spacial score (nSPS) is 22.0. The Hall–Kier alpha value is -2.88. The highest BCUT2D eigenvalue weighted by atomic mass is 35.5. The smallest absolute Gasteiger partial charge is 0.253 e. The van der Waals surface area contributed by atoms with E-state index >= 15 is 0 Å². The topological polar surface area (TPSA) is 96.5 Å². The minimum Gasteiger partial charge on any atom is -0.448 e. The number of halogens is 1. The van der Waals surface area contributed by atoms with Gasteiger partial charge in [0.2, 0.25) is 0 Å². The van der Waals surface area contributed by atoms with E-state index < -0.39 is 5.79 Å². The Morgan fingerprint density at radius 1 is 1.15 bits per heavy atom. The van der Waals surface area contributed by atoms with E-state index in [1.54, 1.807) is 11.7 Å². The molecule has 1 saturated carbocycles. The van der Waals surface area contributed by atoms with Gasteiger partial charge in [-0.2, -0.15) is 0 Å². The molecule has 1 atom stereocenters. The molecule has 1 fully saturated rings. The largest absolute Gasteiger partial charge is 0.448 e. The van der Waals surface area contributed by atoms with Gasteiger partial charge in [-0.3, -0.25) is 14.6 Å². The van der Waals surface area contributed by atoms with E-state index in [2.05, 4.69) is 34.3 Å². The molecule has 1 aliphatic carbocycles. The molecule has 1 aliphatic heterocycles. The first-order chi connectivity index (χ1) is 18.1. The standard InChI is InChI=1S/C29H36N4O4S.ClH/c1-16-11-17(2)32-28(35)23(16)13-31-27(34)21-12-22(24-14-30-15-38-24)26-25(18(21)3)36-29(4,37-26)19-7-9-20(10-8-19)33(5)6;/h11-12,14-15,19-20H,7-10,13H2,1-6H3,(H,31,34)(H,32,35);1H. The second-order valence-corrected chi connectivity index (χ2v) is 11.8. The van der Waals surface area contributed by atoms with Crippen LogP contribution in [0.15, 0.2) is 28.6 Å². The Kier molecular flexibility index (Phi) is 8.44. The van der Waals surface area contributed by atoms with Crippen LogP contribution in [0.2, 0.25) is 0 Å². The van der Waals surface area contributed by atoms with Gasteiger partial charge in [0.15, 0.2) is 11.5 Å². The summed E-state index contributed by atoms with van der Waals surface area (Å²) in [4.78, 5) is 36.2. The molecule has 0 bridgehead atoms. The maximum absolute atomic E-state index is 13.5. The highest BCUT2D eigenvalue weighted by Gasteiger charge is 2.47. The third kappa shape index (κ3) is 5.58. The average molecular weight is 573 g/mol. The van der Waals surface area contributed by atoms with Crippen LogP contribution in [0.4, 0.5) is 0 Å². The number of H-pyrrole nitrogens is 1. The number of amides is 1. The molecule has 210 valence electrons. The van der Waals surface area contributed by atoms with Crippen LogP contribution in [0.3, 0.4) is 0 Å². The number of aryl methyl sites for hydroxylation is 2. The number of benzene rings is 1. The zero-order valence-corrected chi connectivity index (χ0v) is 25.0. The van der Waals surface area contributed by atoms with Gasteiger partial charge in [-0.25, -0.2) is 0 Å². The van der Waals surface area contributed by atoms with E-state index in [9.17, 15) is 9.59 Å². The van der Waals surface area contributed by atoms with Crippen molar-refractivity contribution in [1.29, 1.82) is 0 Å². The van der Waals surface area contributed by atoms with Crippen LogP contribution in [-0.4, -0.2) is 46.7 Å². The number of carbonyl (C=O) groups is 1. The van der Waals surface area contributed by atoms with Gasteiger partial charge in [-0.15, -0.1) is 23.7 Å². The third-order valence-electron chi connectivity index (χ3n) is 8.12. The van der Waals surface area contributed by atoms with E-state index in [1.165, 1.54) is 11.3 Å². The molecule has 1 amide bonds. The van der Waals surface area contributed by atoms with E-state index in [4.69, 9.17) is 9.47 Å². The van der Waals surface area contributed by atoms with Crippen LogP contribution in [0.5, 0.6) is 11.5 Å². The summed E-state index contributed by atoms with van der Waals surface area (Å²) in [6.45, 7) is 7.78. The van der Waals surface area contributed by atoms with Crippen LogP contribution in [-0.2, 0) is 6.54 Å². The van der Waals surface area contributed by atoms with Gasteiger partial charge in [0.05, 0.1) is 10.4 Å². The number of hydrogen-bond donors (Lipinski definition) is 2. The molecule has 2 N–H and O–H groups in total. The molecule has 2 aromatic heterocycles. The average Bonchev–Trinajstić information content (AvgIpc) is 3.53. The number of ether oxygens (including phenoxy) is 2. The fraction of sp³-hybridized carbons (Fsp3) is 0.483. The molecule has 3 heterocycles. The fourth-order valence-electron chi connectivity index (χ4n) is 5.80. The van der Waals surface area contributed by atoms with Gasteiger partial charge in [0.25, 0.3) is 17.3 Å². The zero-order valence-electron chi connectivity index (χ0n) is 23.3. The van der Waals surface area contributed by atoms with Gasteiger partial charge in [0, 0.05) is 59.6 Å². The summed E-state index contributed by atoms with van der Waals surface area (Å²) in [5, 5.41) is 2.95. The first kappa shape index (κ1) is 29.1. The Morgan fingerprint density at radius 3 is 2.46 bits per heavy atom. The number of aromatic amines is 1. The number of carbonyl (C=O) groups excluding carboxylic acids is 1. The van der Waals surface area contributed by atoms with Crippen molar-refractivity contribution in [3.8, 4) is 21.9 Å². The first-order valence-electron chi connectivity index (χ1n) is 13.2. The van der Waals surface area contributed by atoms with Crippen LogP contribution in [0.25, 0.3) is 10.4 Å². The van der Waals surface area contributed by atoms with Crippen molar-refractivity contribution >= 4 is 29.7 Å². The molecule has 2 aliphatic rings. The quantitative estimate of drug-likeness (QED) is 0.411. The molecule has 0 saturated heterocycles. The number of thiazole rings is 1. The summed E-state index contributed by atoms with van der Waals surface area (Å²) in [5.74, 6) is 0.465. The Labute approximate surface area is 239 Å². The molecule has 5 rings (SSSR count). The highest BCUT2D eigenvalue weighted by Crippen LogP contribution is 2.53. The van der Waals surface area contributed by atoms with Crippen LogP contribution in [0, 0.1) is 26.7 Å². The second kappa shape index (κ2) is 11.3. The number of pyridine rings is 1. The maximum Gasteiger partial charge on any atom is 0.253 e. The number of hydrogen-bond acceptors (Lipinski definition) is 7. The molecule has 10 heteroatoms. The number of nitrogens with zero attached hydrogens (tertiary/aromatic N) is 2. The van der Waals surface area contributed by atoms with Crippen molar-refractivity contribution < 1.29 is 14.3 Å². The first-order valence-corrected chi connectivity index (χ1v) is 14.0. The molecule has 8 nitrogen and oxygen atoms in total. The summed E-state index contributed by atoms with van der Waals surface area (Å²) in [6, 6.07) is 4.35. The Bertz CT molecular complexity index is 1410. The van der Waals surface area contributed by atoms with Crippen molar-refractivity contribution in [2.24, 2.45) is 5.92 Å². The summed E-state index contributed by atoms with van der Waals surface area (Å²) in [5.41, 5.74) is 5.80. The van der Waals surface area contributed by atoms with Crippen molar-refractivity contribution in [2.45, 2.75) is 71.8 Å². The van der Waals surface area contributed by atoms with E-state index in [0.717, 1.165) is 52.9 Å². The van der Waals surface area contributed by atoms with Gasteiger partial charge in [0.1, 0.15) is 0 Å². The highest BCUT2D eigenvalue weighted by molar-refractivity contribution is 7.13. The minimum absolute atomic E-state index is 0. The van der Waals surface area contributed by atoms with E-state index in [0.29, 0.717) is 28.7 Å². The lowest BCUT2D eigenvalue weighted by Crippen LogP contribution is -2.46.